The molecule has 0 spiro atoms. The summed E-state index contributed by atoms with van der Waals surface area (Å²) in [5.41, 5.74) is 1.97. The number of Topliss-reactive ketones (excluding diaryl/α,β-unsaturated/α-hetero) is 1. The molecule has 1 unspecified atom stereocenters. The van der Waals surface area contributed by atoms with Gasteiger partial charge in [0, 0.05) is 42.7 Å². The number of hydrogen-bond acceptors (Lipinski definition) is 9. The molecule has 0 saturated carbocycles. The third-order valence-corrected chi connectivity index (χ3v) is 5.96. The zero-order chi connectivity index (χ0) is 21.3. The Labute approximate surface area is 175 Å². The largest absolute Gasteiger partial charge is 0.497 e. The maximum absolute atomic E-state index is 13.0. The highest BCUT2D eigenvalue weighted by atomic mass is 32.1. The number of aromatic nitrogens is 3. The third kappa shape index (κ3) is 3.62. The van der Waals surface area contributed by atoms with Crippen LogP contribution in [0.25, 0.3) is 10.6 Å². The molecule has 0 bridgehead atoms. The van der Waals surface area contributed by atoms with Gasteiger partial charge in [-0.2, -0.15) is 0 Å². The number of carbonyl (C=O) groups excluding carboxylic acids is 1. The number of rotatable bonds is 6. The number of methoxy groups -OCH3 is 2. The number of benzene rings is 1. The molecule has 3 aromatic rings. The number of ether oxygens (including phenoxy) is 2. The van der Waals surface area contributed by atoms with E-state index in [9.17, 15) is 14.7 Å². The van der Waals surface area contributed by atoms with Crippen LogP contribution in [0.3, 0.4) is 0 Å². The number of hydrogen-bond donors (Lipinski definition) is 1. The van der Waals surface area contributed by atoms with E-state index in [1.54, 1.807) is 42.6 Å². The van der Waals surface area contributed by atoms with Crippen molar-refractivity contribution in [3.8, 4) is 22.1 Å². The van der Waals surface area contributed by atoms with E-state index in [0.29, 0.717) is 32.6 Å². The van der Waals surface area contributed by atoms with E-state index in [0.717, 1.165) is 5.56 Å². The van der Waals surface area contributed by atoms with Crippen molar-refractivity contribution in [2.75, 3.05) is 14.2 Å². The van der Waals surface area contributed by atoms with E-state index in [4.69, 9.17) is 9.47 Å². The van der Waals surface area contributed by atoms with Crippen molar-refractivity contribution in [2.24, 2.45) is 0 Å². The van der Waals surface area contributed by atoms with Crippen LogP contribution in [0, 0.1) is 0 Å². The van der Waals surface area contributed by atoms with E-state index in [2.05, 4.69) is 15.0 Å². The van der Waals surface area contributed by atoms with Crippen molar-refractivity contribution >= 4 is 23.1 Å². The van der Waals surface area contributed by atoms with Crippen molar-refractivity contribution in [3.05, 3.63) is 53.1 Å². The minimum atomic E-state index is -1.30. The summed E-state index contributed by atoms with van der Waals surface area (Å²) in [7, 11) is 3.08. The maximum Gasteiger partial charge on any atom is 0.329 e. The third-order valence-electron chi connectivity index (χ3n) is 4.80. The second-order valence-corrected chi connectivity index (χ2v) is 7.61. The molecule has 30 heavy (non-hydrogen) atoms. The highest BCUT2D eigenvalue weighted by Gasteiger charge is 2.41. The fourth-order valence-electron chi connectivity index (χ4n) is 3.37. The molecule has 0 amide bonds. The van der Waals surface area contributed by atoms with Crippen LogP contribution in [-0.2, 0) is 17.9 Å². The average Bonchev–Trinajstić information content (AvgIpc) is 3.19. The molecule has 0 saturated heterocycles. The summed E-state index contributed by atoms with van der Waals surface area (Å²) in [4.78, 5) is 39.4. The Morgan fingerprint density at radius 1 is 1.27 bits per heavy atom. The van der Waals surface area contributed by atoms with Crippen molar-refractivity contribution in [1.82, 2.24) is 19.9 Å². The minimum Gasteiger partial charge on any atom is -0.497 e. The number of carboxylic acids is 1. The lowest BCUT2D eigenvalue weighted by molar-refractivity contribution is -0.142. The van der Waals surface area contributed by atoms with E-state index in [1.165, 1.54) is 24.8 Å². The quantitative estimate of drug-likeness (QED) is 0.593. The lowest BCUT2D eigenvalue weighted by Gasteiger charge is -2.31. The van der Waals surface area contributed by atoms with Gasteiger partial charge in [-0.15, -0.1) is 11.3 Å². The second-order valence-electron chi connectivity index (χ2n) is 6.61. The van der Waals surface area contributed by atoms with Crippen molar-refractivity contribution in [2.45, 2.75) is 19.1 Å². The van der Waals surface area contributed by atoms with Gasteiger partial charge in [-0.1, -0.05) is 6.07 Å². The van der Waals surface area contributed by atoms with Gasteiger partial charge in [-0.05, 0) is 6.07 Å². The van der Waals surface area contributed by atoms with Crippen molar-refractivity contribution in [1.29, 1.82) is 0 Å². The highest BCUT2D eigenvalue weighted by molar-refractivity contribution is 7.17. The first-order valence-corrected chi connectivity index (χ1v) is 9.80. The highest BCUT2D eigenvalue weighted by Crippen LogP contribution is 2.35. The Morgan fingerprint density at radius 3 is 2.70 bits per heavy atom. The molecule has 1 aromatic carbocycles. The first-order chi connectivity index (χ1) is 14.5. The average molecular weight is 426 g/mol. The lowest BCUT2D eigenvalue weighted by Crippen LogP contribution is -2.49. The lowest BCUT2D eigenvalue weighted by atomic mass is 10.0. The molecule has 0 radical (unpaired) electrons. The Kier molecular flexibility index (Phi) is 5.42. The summed E-state index contributed by atoms with van der Waals surface area (Å²) in [5, 5.41) is 10.4. The van der Waals surface area contributed by atoms with Gasteiger partial charge >= 0.3 is 5.97 Å². The van der Waals surface area contributed by atoms with Gasteiger partial charge in [-0.3, -0.25) is 14.5 Å². The van der Waals surface area contributed by atoms with Crippen molar-refractivity contribution < 1.29 is 24.2 Å². The van der Waals surface area contributed by atoms with Crippen LogP contribution < -0.4 is 9.47 Å². The summed E-state index contributed by atoms with van der Waals surface area (Å²) in [6, 6.07) is 3.98. The number of nitrogens with zero attached hydrogens (tertiary/aromatic N) is 4. The number of carbonyl (C=O) groups is 2. The molecular weight excluding hydrogens is 408 g/mol. The standard InChI is InChI=1S/C20H18N4O5S/c1-28-13-4-3-11(15(5-13)29-2)8-24-9-14-18(17(25)16(24)20(26)27)30-19(23-14)12-6-21-10-22-7-12/h3-7,10,16H,8-9H2,1-2H3,(H,26,27). The molecule has 0 aliphatic carbocycles. The van der Waals surface area contributed by atoms with Gasteiger partial charge in [-0.25, -0.2) is 15.0 Å². The fourth-order valence-corrected chi connectivity index (χ4v) is 4.39. The first-order valence-electron chi connectivity index (χ1n) is 8.99. The fraction of sp³-hybridized carbons (Fsp3) is 0.250. The molecule has 1 atom stereocenters. The zero-order valence-corrected chi connectivity index (χ0v) is 17.0. The van der Waals surface area contributed by atoms with Crippen LogP contribution in [0.2, 0.25) is 0 Å². The monoisotopic (exact) mass is 426 g/mol. The Morgan fingerprint density at radius 2 is 2.03 bits per heavy atom. The zero-order valence-electron chi connectivity index (χ0n) is 16.2. The molecule has 3 heterocycles. The van der Waals surface area contributed by atoms with Crippen molar-refractivity contribution in [3.63, 3.8) is 0 Å². The predicted molar refractivity (Wildman–Crippen MR) is 108 cm³/mol. The number of carboxylic acid groups (broad SMARTS) is 1. The number of thiazole rings is 1. The summed E-state index contributed by atoms with van der Waals surface area (Å²) < 4.78 is 10.6. The van der Waals surface area contributed by atoms with Crippen LogP contribution in [0.15, 0.2) is 36.9 Å². The summed E-state index contributed by atoms with van der Waals surface area (Å²) in [6.07, 6.45) is 4.62. The molecule has 0 fully saturated rings. The van der Waals surface area contributed by atoms with Gasteiger partial charge in [0.2, 0.25) is 5.78 Å². The van der Waals surface area contributed by atoms with Gasteiger partial charge in [0.25, 0.3) is 0 Å². The second kappa shape index (κ2) is 8.17. The van der Waals surface area contributed by atoms with Gasteiger partial charge in [0.15, 0.2) is 6.04 Å². The van der Waals surface area contributed by atoms with Gasteiger partial charge in [0.05, 0.1) is 24.8 Å². The number of ketones is 1. The molecule has 1 aliphatic rings. The molecule has 2 aromatic heterocycles. The van der Waals surface area contributed by atoms with Gasteiger partial charge < -0.3 is 14.6 Å². The van der Waals surface area contributed by atoms with E-state index in [1.807, 2.05) is 0 Å². The SMILES string of the molecule is COc1ccc(CN2Cc3nc(-c4cncnc4)sc3C(=O)C2C(=O)O)c(OC)c1. The first kappa shape index (κ1) is 19.9. The summed E-state index contributed by atoms with van der Waals surface area (Å²) in [6.45, 7) is 0.425. The Bertz CT molecular complexity index is 1100. The maximum atomic E-state index is 13.0. The molecular formula is C20H18N4O5S. The van der Waals surface area contributed by atoms with Crippen LogP contribution in [0.4, 0.5) is 0 Å². The number of fused-ring (bicyclic) bond motifs is 1. The summed E-state index contributed by atoms with van der Waals surface area (Å²) in [5.74, 6) is -0.498. The van der Waals surface area contributed by atoms with E-state index in [-0.39, 0.29) is 13.1 Å². The minimum absolute atomic E-state index is 0.205. The van der Waals surface area contributed by atoms with Crippen LogP contribution in [0.5, 0.6) is 11.5 Å². The Hall–Kier alpha value is -3.37. The van der Waals surface area contributed by atoms with Crippen LogP contribution >= 0.6 is 11.3 Å². The molecule has 10 heteroatoms. The molecule has 4 rings (SSSR count). The molecule has 1 N–H and O–H groups in total. The molecule has 154 valence electrons. The van der Waals surface area contributed by atoms with E-state index < -0.39 is 17.8 Å². The summed E-state index contributed by atoms with van der Waals surface area (Å²) >= 11 is 1.17. The Balaban J connectivity index is 1.69. The van der Waals surface area contributed by atoms with E-state index >= 15 is 0 Å². The van der Waals surface area contributed by atoms with Crippen LogP contribution in [0.1, 0.15) is 20.9 Å². The smallest absolute Gasteiger partial charge is 0.329 e. The van der Waals surface area contributed by atoms with Crippen LogP contribution in [-0.4, -0.2) is 57.0 Å². The number of aliphatic carboxylic acids is 1. The topological polar surface area (TPSA) is 115 Å². The normalized spacial score (nSPS) is 16.2. The molecule has 1 aliphatic heterocycles. The predicted octanol–water partition coefficient (Wildman–Crippen LogP) is 2.27. The molecule has 9 nitrogen and oxygen atoms in total. The van der Waals surface area contributed by atoms with Gasteiger partial charge in [0.1, 0.15) is 22.8 Å².